The first-order chi connectivity index (χ1) is 11.8. The first-order valence-corrected chi connectivity index (χ1v) is 11.1. The van der Waals surface area contributed by atoms with Crippen LogP contribution >= 0.6 is 23.5 Å². The molecule has 1 heterocycles. The lowest BCUT2D eigenvalue weighted by Gasteiger charge is -2.15. The quantitative estimate of drug-likeness (QED) is 0.187. The maximum Gasteiger partial charge on any atom is 0.490 e. The monoisotopic (exact) mass is 435 g/mol. The maximum atomic E-state index is 11.4. The van der Waals surface area contributed by atoms with Gasteiger partial charge in [0.1, 0.15) is 5.82 Å². The van der Waals surface area contributed by atoms with Crippen LogP contribution in [0.25, 0.3) is 0 Å². The molecule has 0 amide bonds. The third-order valence-electron chi connectivity index (χ3n) is 2.32. The summed E-state index contributed by atoms with van der Waals surface area (Å²) in [5.74, 6) is 0.0752. The average Bonchev–Trinajstić information content (AvgIpc) is 2.40. The topological polar surface area (TPSA) is 221 Å². The van der Waals surface area contributed by atoms with Gasteiger partial charge in [0.15, 0.2) is 0 Å². The molecule has 1 rings (SSSR count). The van der Waals surface area contributed by atoms with Crippen molar-refractivity contribution >= 4 is 29.3 Å². The van der Waals surface area contributed by atoms with Gasteiger partial charge in [-0.3, -0.25) is 9.09 Å². The zero-order valence-corrected chi connectivity index (χ0v) is 15.6. The Hall–Kier alpha value is -1.17. The van der Waals surface area contributed by atoms with Crippen molar-refractivity contribution in [1.29, 1.82) is 0 Å². The van der Waals surface area contributed by atoms with Crippen molar-refractivity contribution in [2.75, 3.05) is 12.3 Å². The second-order valence-electron chi connectivity index (χ2n) is 4.47. The molecule has 0 spiro atoms. The molecule has 2 atom stereocenters. The number of hydrogen-bond donors (Lipinski definition) is 5. The predicted octanol–water partition coefficient (Wildman–Crippen LogP) is 0.115. The minimum atomic E-state index is -5.52. The molecule has 0 aliphatic rings. The van der Waals surface area contributed by atoms with Crippen molar-refractivity contribution in [3.8, 4) is 0 Å². The molecule has 0 radical (unpaired) electrons. The molecule has 6 N–H and O–H groups in total. The molecule has 26 heavy (non-hydrogen) atoms. The summed E-state index contributed by atoms with van der Waals surface area (Å²) in [6, 6.07) is 1.42. The largest absolute Gasteiger partial charge is 0.490 e. The highest BCUT2D eigenvalue weighted by atomic mass is 31.3. The normalized spacial score (nSPS) is 17.1. The van der Waals surface area contributed by atoms with Crippen molar-refractivity contribution in [2.24, 2.45) is 0 Å². The fourth-order valence-electron chi connectivity index (χ4n) is 1.43. The van der Waals surface area contributed by atoms with Crippen LogP contribution in [0.2, 0.25) is 0 Å². The van der Waals surface area contributed by atoms with Gasteiger partial charge in [0.25, 0.3) is 0 Å². The van der Waals surface area contributed by atoms with Gasteiger partial charge in [0.05, 0.1) is 6.61 Å². The van der Waals surface area contributed by atoms with Crippen molar-refractivity contribution in [3.05, 3.63) is 34.9 Å². The van der Waals surface area contributed by atoms with E-state index in [4.69, 9.17) is 20.4 Å². The molecule has 0 saturated carbocycles. The number of nitrogens with two attached hydrogens (primary N) is 1. The van der Waals surface area contributed by atoms with Crippen LogP contribution in [0.4, 0.5) is 5.82 Å². The molecule has 0 aromatic carbocycles. The van der Waals surface area contributed by atoms with Crippen LogP contribution in [0.1, 0.15) is 6.42 Å². The zero-order valence-electron chi connectivity index (χ0n) is 12.9. The van der Waals surface area contributed by atoms with E-state index in [0.29, 0.717) is 0 Å². The van der Waals surface area contributed by atoms with E-state index in [9.17, 15) is 23.4 Å². The van der Waals surface area contributed by atoms with E-state index in [1.165, 1.54) is 29.0 Å². The van der Waals surface area contributed by atoms with Gasteiger partial charge in [-0.2, -0.15) is 13.6 Å². The van der Waals surface area contributed by atoms with Gasteiger partial charge < -0.3 is 25.3 Å². The smallest absolute Gasteiger partial charge is 0.383 e. The molecular weight excluding hydrogens is 419 g/mol. The third kappa shape index (κ3) is 9.51. The second kappa shape index (κ2) is 9.16. The van der Waals surface area contributed by atoms with E-state index in [-0.39, 0.29) is 18.8 Å². The van der Waals surface area contributed by atoms with Gasteiger partial charge in [0, 0.05) is 12.7 Å². The van der Waals surface area contributed by atoms with Gasteiger partial charge in [-0.15, -0.1) is 0 Å². The summed E-state index contributed by atoms with van der Waals surface area (Å²) >= 11 is 0. The number of anilines is 1. The summed E-state index contributed by atoms with van der Waals surface area (Å²) in [6.45, 7) is -0.309. The molecule has 0 aliphatic carbocycles. The van der Waals surface area contributed by atoms with E-state index >= 15 is 0 Å². The van der Waals surface area contributed by atoms with Crippen LogP contribution < -0.4 is 11.4 Å². The minimum absolute atomic E-state index is 0.0418. The standard InChI is InChI=1S/C9H16N3O11P3/c10-8-4-6-12(9(13)11-8)5-2-1-3-7-21-25(17,18)23-26(19,20)22-24(14,15)16/h1-2,4,6H,3,5,7H2,(H,17,18)(H,19,20)(H2,10,11,13)(H2,14,15,16)/b2-1-. The van der Waals surface area contributed by atoms with Crippen molar-refractivity contribution in [1.82, 2.24) is 9.55 Å². The Kier molecular flexibility index (Phi) is 8.05. The summed E-state index contributed by atoms with van der Waals surface area (Å²) in [4.78, 5) is 49.8. The number of phosphoric acid groups is 3. The highest BCUT2D eigenvalue weighted by Crippen LogP contribution is 2.66. The lowest BCUT2D eigenvalue weighted by atomic mass is 10.4. The van der Waals surface area contributed by atoms with Crippen LogP contribution in [0.3, 0.4) is 0 Å². The number of aromatic nitrogens is 2. The van der Waals surface area contributed by atoms with Gasteiger partial charge in [-0.1, -0.05) is 12.2 Å². The first kappa shape index (κ1) is 22.9. The van der Waals surface area contributed by atoms with E-state index in [1.54, 1.807) is 0 Å². The van der Waals surface area contributed by atoms with Crippen LogP contribution in [0.15, 0.2) is 29.2 Å². The molecule has 1 aromatic heterocycles. The Labute approximate surface area is 146 Å². The first-order valence-electron chi connectivity index (χ1n) is 6.56. The molecule has 14 nitrogen and oxygen atoms in total. The predicted molar refractivity (Wildman–Crippen MR) is 86.5 cm³/mol. The van der Waals surface area contributed by atoms with Crippen LogP contribution in [-0.2, 0) is 33.4 Å². The summed E-state index contributed by atoms with van der Waals surface area (Å²) in [5.41, 5.74) is 4.76. The number of allylic oxidation sites excluding steroid dienone is 1. The van der Waals surface area contributed by atoms with E-state index in [2.05, 4.69) is 18.1 Å². The molecular formula is C9H16N3O11P3. The Morgan fingerprint density at radius 2 is 1.77 bits per heavy atom. The van der Waals surface area contributed by atoms with Crippen LogP contribution in [0.5, 0.6) is 0 Å². The van der Waals surface area contributed by atoms with Gasteiger partial charge >= 0.3 is 29.2 Å². The molecule has 148 valence electrons. The van der Waals surface area contributed by atoms with Gasteiger partial charge in [-0.05, 0) is 12.5 Å². The molecule has 0 saturated heterocycles. The average molecular weight is 435 g/mol. The van der Waals surface area contributed by atoms with E-state index < -0.39 is 35.8 Å². The van der Waals surface area contributed by atoms with Crippen LogP contribution in [-0.4, -0.2) is 35.7 Å². The fourth-order valence-corrected chi connectivity index (χ4v) is 4.46. The van der Waals surface area contributed by atoms with Crippen LogP contribution in [0, 0.1) is 0 Å². The van der Waals surface area contributed by atoms with Crippen molar-refractivity contribution in [3.63, 3.8) is 0 Å². The summed E-state index contributed by atoms with van der Waals surface area (Å²) in [5, 5.41) is 0. The second-order valence-corrected chi connectivity index (χ2v) is 8.89. The van der Waals surface area contributed by atoms with Crippen molar-refractivity contribution < 1.29 is 46.4 Å². The zero-order chi connectivity index (χ0) is 20.0. The molecule has 2 unspecified atom stereocenters. The molecule has 17 heteroatoms. The Morgan fingerprint density at radius 1 is 1.12 bits per heavy atom. The summed E-state index contributed by atoms with van der Waals surface area (Å²) in [6.07, 6.45) is 4.44. The lowest BCUT2D eigenvalue weighted by molar-refractivity contribution is 0.174. The lowest BCUT2D eigenvalue weighted by Crippen LogP contribution is -2.22. The number of hydrogen-bond acceptors (Lipinski definition) is 9. The SMILES string of the molecule is Nc1ccn(C/C=C\CCOP(=O)(O)OP(=O)(O)OP(=O)(O)O)c(=O)n1. The number of rotatable bonds is 10. The van der Waals surface area contributed by atoms with Crippen molar-refractivity contribution in [2.45, 2.75) is 13.0 Å². The fraction of sp³-hybridized carbons (Fsp3) is 0.333. The Balaban J connectivity index is 2.44. The van der Waals surface area contributed by atoms with E-state index in [0.717, 1.165) is 0 Å². The Bertz CT molecular complexity index is 847. The highest BCUT2D eigenvalue weighted by Gasteiger charge is 2.40. The number of phosphoric ester groups is 1. The van der Waals surface area contributed by atoms with Gasteiger partial charge in [-0.25, -0.2) is 18.5 Å². The molecule has 1 aromatic rings. The highest BCUT2D eigenvalue weighted by molar-refractivity contribution is 7.66. The molecule has 0 bridgehead atoms. The number of nitrogen functional groups attached to an aromatic ring is 1. The number of nitrogens with zero attached hydrogens (tertiary/aromatic N) is 2. The van der Waals surface area contributed by atoms with Gasteiger partial charge in [0.2, 0.25) is 0 Å². The van der Waals surface area contributed by atoms with E-state index in [1.807, 2.05) is 0 Å². The Morgan fingerprint density at radius 3 is 2.35 bits per heavy atom. The molecule has 0 fully saturated rings. The third-order valence-corrected chi connectivity index (χ3v) is 6.16. The molecule has 0 aliphatic heterocycles. The maximum absolute atomic E-state index is 11.4. The minimum Gasteiger partial charge on any atom is -0.383 e. The summed E-state index contributed by atoms with van der Waals surface area (Å²) in [7, 11) is -16.1. The summed E-state index contributed by atoms with van der Waals surface area (Å²) < 4.78 is 45.6.